The molecular weight excluding hydrogens is 262 g/mol. The molecule has 0 radical (unpaired) electrons. The Balaban J connectivity index is 2.14. The maximum atomic E-state index is 6.28. The minimum absolute atomic E-state index is 0.275. The number of rotatable bonds is 5. The van der Waals surface area contributed by atoms with E-state index in [0.29, 0.717) is 17.7 Å². The van der Waals surface area contributed by atoms with Crippen molar-refractivity contribution < 1.29 is 4.74 Å². The number of anilines is 1. The van der Waals surface area contributed by atoms with Crippen LogP contribution in [0.2, 0.25) is 0 Å². The summed E-state index contributed by atoms with van der Waals surface area (Å²) < 4.78 is 6.28. The topological polar surface area (TPSA) is 47.0 Å². The second kappa shape index (κ2) is 7.10. The average molecular weight is 291 g/mol. The van der Waals surface area contributed by atoms with Crippen LogP contribution in [0.4, 0.5) is 5.82 Å². The van der Waals surface area contributed by atoms with Crippen molar-refractivity contribution >= 4 is 5.82 Å². The summed E-state index contributed by atoms with van der Waals surface area (Å²) >= 11 is 0. The lowest BCUT2D eigenvalue weighted by molar-refractivity contribution is 0.0425. The molecule has 1 N–H and O–H groups in total. The van der Waals surface area contributed by atoms with Gasteiger partial charge in [-0.1, -0.05) is 27.2 Å². The molecule has 118 valence electrons. The number of hydrogen-bond acceptors (Lipinski definition) is 4. The van der Waals surface area contributed by atoms with Gasteiger partial charge in [-0.2, -0.15) is 4.98 Å². The molecule has 3 unspecified atom stereocenters. The Hall–Kier alpha value is -1.32. The van der Waals surface area contributed by atoms with Gasteiger partial charge in [0.25, 0.3) is 0 Å². The van der Waals surface area contributed by atoms with Crippen molar-refractivity contribution in [2.24, 2.45) is 17.8 Å². The van der Waals surface area contributed by atoms with Crippen LogP contribution < -0.4 is 10.1 Å². The zero-order chi connectivity index (χ0) is 15.4. The number of nitrogens with one attached hydrogen (secondary N) is 1. The minimum Gasteiger partial charge on any atom is -0.474 e. The fraction of sp³-hybridized carbons (Fsp3) is 0.765. The summed E-state index contributed by atoms with van der Waals surface area (Å²) in [7, 11) is 0. The second-order valence-corrected chi connectivity index (χ2v) is 6.65. The van der Waals surface area contributed by atoms with Crippen molar-refractivity contribution in [1.82, 2.24) is 9.97 Å². The molecule has 1 saturated carbocycles. The zero-order valence-corrected chi connectivity index (χ0v) is 14.0. The fourth-order valence-electron chi connectivity index (χ4n) is 3.28. The van der Waals surface area contributed by atoms with Gasteiger partial charge in [-0.25, -0.2) is 4.98 Å². The first-order valence-corrected chi connectivity index (χ1v) is 8.25. The Morgan fingerprint density at radius 2 is 2.10 bits per heavy atom. The van der Waals surface area contributed by atoms with Gasteiger partial charge in [0.05, 0.1) is 0 Å². The molecule has 1 heterocycles. The van der Waals surface area contributed by atoms with Gasteiger partial charge in [-0.15, -0.1) is 0 Å². The molecule has 0 amide bonds. The van der Waals surface area contributed by atoms with Crippen LogP contribution in [0.5, 0.6) is 5.88 Å². The van der Waals surface area contributed by atoms with Gasteiger partial charge in [0.15, 0.2) is 0 Å². The van der Waals surface area contributed by atoms with Crippen LogP contribution >= 0.6 is 0 Å². The van der Waals surface area contributed by atoms with E-state index in [1.807, 2.05) is 13.0 Å². The molecule has 0 bridgehead atoms. The quantitative estimate of drug-likeness (QED) is 0.889. The average Bonchev–Trinajstić information content (AvgIpc) is 2.38. The number of aryl methyl sites for hydroxylation is 1. The van der Waals surface area contributed by atoms with Crippen molar-refractivity contribution in [3.63, 3.8) is 0 Å². The standard InChI is InChI=1S/C17H29N3O/c1-6-18-16-10-17(20-13(5)19-16)21-15-9-12(4)7-8-14(15)11(2)3/h10-12,14-15H,6-9H2,1-5H3,(H,18,19,20). The van der Waals surface area contributed by atoms with E-state index in [9.17, 15) is 0 Å². The van der Waals surface area contributed by atoms with Gasteiger partial charge in [0.2, 0.25) is 5.88 Å². The van der Waals surface area contributed by atoms with Crippen molar-refractivity contribution in [1.29, 1.82) is 0 Å². The lowest BCUT2D eigenvalue weighted by atomic mass is 9.75. The number of hydrogen-bond donors (Lipinski definition) is 1. The molecule has 0 saturated heterocycles. The molecule has 0 spiro atoms. The molecule has 3 atom stereocenters. The smallest absolute Gasteiger partial charge is 0.218 e. The molecule has 1 aromatic heterocycles. The predicted octanol–water partition coefficient (Wildman–Crippen LogP) is 4.06. The van der Waals surface area contributed by atoms with Crippen molar-refractivity contribution in [3.05, 3.63) is 11.9 Å². The lowest BCUT2D eigenvalue weighted by Crippen LogP contribution is -2.36. The first kappa shape index (κ1) is 16.1. The van der Waals surface area contributed by atoms with E-state index in [-0.39, 0.29) is 6.10 Å². The summed E-state index contributed by atoms with van der Waals surface area (Å²) in [4.78, 5) is 8.84. The molecule has 0 aliphatic heterocycles. The third-order valence-electron chi connectivity index (χ3n) is 4.41. The van der Waals surface area contributed by atoms with Crippen molar-refractivity contribution in [3.8, 4) is 5.88 Å². The molecule has 1 aliphatic carbocycles. The van der Waals surface area contributed by atoms with E-state index in [4.69, 9.17) is 4.74 Å². The monoisotopic (exact) mass is 291 g/mol. The summed E-state index contributed by atoms with van der Waals surface area (Å²) in [5.74, 6) is 4.33. The minimum atomic E-state index is 0.275. The maximum absolute atomic E-state index is 6.28. The van der Waals surface area contributed by atoms with Gasteiger partial charge in [-0.05, 0) is 44.4 Å². The fourth-order valence-corrected chi connectivity index (χ4v) is 3.28. The highest BCUT2D eigenvalue weighted by molar-refractivity contribution is 5.38. The first-order valence-electron chi connectivity index (χ1n) is 8.25. The largest absolute Gasteiger partial charge is 0.474 e. The highest BCUT2D eigenvalue weighted by Gasteiger charge is 2.32. The Morgan fingerprint density at radius 3 is 2.76 bits per heavy atom. The van der Waals surface area contributed by atoms with Crippen molar-refractivity contribution in [2.75, 3.05) is 11.9 Å². The number of nitrogens with zero attached hydrogens (tertiary/aromatic N) is 2. The molecule has 1 fully saturated rings. The molecule has 21 heavy (non-hydrogen) atoms. The number of aromatic nitrogens is 2. The summed E-state index contributed by atoms with van der Waals surface area (Å²) in [6, 6.07) is 1.92. The van der Waals surface area contributed by atoms with E-state index in [2.05, 4.69) is 43.0 Å². The zero-order valence-electron chi connectivity index (χ0n) is 14.0. The molecule has 2 rings (SSSR count). The third-order valence-corrected chi connectivity index (χ3v) is 4.41. The van der Waals surface area contributed by atoms with Crippen LogP contribution in [0, 0.1) is 24.7 Å². The Labute approximate surface area is 128 Å². The van der Waals surface area contributed by atoms with Crippen LogP contribution in [-0.2, 0) is 0 Å². The molecule has 4 heteroatoms. The third kappa shape index (κ3) is 4.32. The second-order valence-electron chi connectivity index (χ2n) is 6.65. The van der Waals surface area contributed by atoms with Crippen molar-refractivity contribution in [2.45, 2.75) is 60.0 Å². The molecule has 4 nitrogen and oxygen atoms in total. The van der Waals surface area contributed by atoms with E-state index < -0.39 is 0 Å². The summed E-state index contributed by atoms with van der Waals surface area (Å²) in [5.41, 5.74) is 0. The van der Waals surface area contributed by atoms with E-state index in [1.165, 1.54) is 12.8 Å². The summed E-state index contributed by atoms with van der Waals surface area (Å²) in [6.07, 6.45) is 3.97. The normalized spacial score (nSPS) is 25.9. The van der Waals surface area contributed by atoms with Crippen LogP contribution in [0.15, 0.2) is 6.07 Å². The van der Waals surface area contributed by atoms with Gasteiger partial charge >= 0.3 is 0 Å². The maximum Gasteiger partial charge on any atom is 0.218 e. The Bertz CT molecular complexity index is 461. The van der Waals surface area contributed by atoms with Gasteiger partial charge < -0.3 is 10.1 Å². The van der Waals surface area contributed by atoms with Gasteiger partial charge in [-0.3, -0.25) is 0 Å². The molecule has 1 aliphatic rings. The Morgan fingerprint density at radius 1 is 1.33 bits per heavy atom. The van der Waals surface area contributed by atoms with Crippen LogP contribution in [0.1, 0.15) is 52.8 Å². The molecule has 0 aromatic carbocycles. The van der Waals surface area contributed by atoms with E-state index in [0.717, 1.165) is 30.5 Å². The molecular formula is C17H29N3O. The van der Waals surface area contributed by atoms with Gasteiger partial charge in [0, 0.05) is 12.6 Å². The number of ether oxygens (including phenoxy) is 1. The van der Waals surface area contributed by atoms with E-state index in [1.54, 1.807) is 0 Å². The van der Waals surface area contributed by atoms with E-state index >= 15 is 0 Å². The lowest BCUT2D eigenvalue weighted by Gasteiger charge is -2.37. The van der Waals surface area contributed by atoms with Crippen LogP contribution in [-0.4, -0.2) is 22.6 Å². The highest BCUT2D eigenvalue weighted by Crippen LogP contribution is 2.35. The van der Waals surface area contributed by atoms with Crippen LogP contribution in [0.25, 0.3) is 0 Å². The SMILES string of the molecule is CCNc1cc(OC2CC(C)CCC2C(C)C)nc(C)n1. The van der Waals surface area contributed by atoms with Crippen LogP contribution in [0.3, 0.4) is 0 Å². The predicted molar refractivity (Wildman–Crippen MR) is 86.7 cm³/mol. The molecule has 1 aromatic rings. The summed E-state index contributed by atoms with van der Waals surface area (Å²) in [5, 5.41) is 3.24. The Kier molecular flexibility index (Phi) is 5.43. The first-order chi connectivity index (χ1) is 9.99. The van der Waals surface area contributed by atoms with Gasteiger partial charge in [0.1, 0.15) is 17.7 Å². The summed E-state index contributed by atoms with van der Waals surface area (Å²) in [6.45, 7) is 11.7. The highest BCUT2D eigenvalue weighted by atomic mass is 16.5.